The summed E-state index contributed by atoms with van der Waals surface area (Å²) in [7, 11) is 0. The molecule has 2 saturated heterocycles. The molecular weight excluding hydrogens is 336 g/mol. The number of nitrogens with one attached hydrogen (secondary N) is 1. The molecule has 2 aromatic rings. The van der Waals surface area contributed by atoms with Crippen molar-refractivity contribution in [1.82, 2.24) is 20.0 Å². The van der Waals surface area contributed by atoms with Crippen LogP contribution in [0.5, 0.6) is 0 Å². The number of benzene rings is 1. The van der Waals surface area contributed by atoms with Gasteiger partial charge in [-0.3, -0.25) is 14.4 Å². The number of amides is 1. The number of nitrogens with zero attached hydrogens (tertiary/aromatic N) is 3. The second kappa shape index (κ2) is 6.62. The maximum absolute atomic E-state index is 13.1. The maximum atomic E-state index is 13.1. The Hall–Kier alpha value is -1.88. The van der Waals surface area contributed by atoms with Crippen LogP contribution in [-0.2, 0) is 0 Å². The highest BCUT2D eigenvalue weighted by molar-refractivity contribution is 6.05. The van der Waals surface area contributed by atoms with Gasteiger partial charge in [-0.15, -0.1) is 0 Å². The topological polar surface area (TPSA) is 50.2 Å². The summed E-state index contributed by atoms with van der Waals surface area (Å²) in [5.74, 6) is 0.941. The molecule has 144 valence electrons. The van der Waals surface area contributed by atoms with Crippen molar-refractivity contribution in [2.75, 3.05) is 6.54 Å². The van der Waals surface area contributed by atoms with Crippen LogP contribution in [0.15, 0.2) is 24.3 Å². The quantitative estimate of drug-likeness (QED) is 0.877. The molecule has 2 atom stereocenters. The second-order valence-corrected chi connectivity index (χ2v) is 9.07. The van der Waals surface area contributed by atoms with E-state index in [9.17, 15) is 4.79 Å². The van der Waals surface area contributed by atoms with Crippen LogP contribution in [0.25, 0.3) is 10.9 Å². The number of carbonyl (C=O) groups excluding carboxylic acids is 1. The van der Waals surface area contributed by atoms with E-state index in [-0.39, 0.29) is 18.0 Å². The van der Waals surface area contributed by atoms with Gasteiger partial charge in [-0.05, 0) is 64.4 Å². The lowest BCUT2D eigenvalue weighted by Gasteiger charge is -2.39. The van der Waals surface area contributed by atoms with Gasteiger partial charge in [0, 0.05) is 36.1 Å². The number of aromatic nitrogens is 2. The smallest absolute Gasteiger partial charge is 0.272 e. The Morgan fingerprint density at radius 3 is 2.52 bits per heavy atom. The van der Waals surface area contributed by atoms with Gasteiger partial charge >= 0.3 is 0 Å². The van der Waals surface area contributed by atoms with Crippen LogP contribution in [0, 0.1) is 5.92 Å². The molecule has 1 aliphatic carbocycles. The fraction of sp³-hybridized carbons (Fsp3) is 0.636. The van der Waals surface area contributed by atoms with Crippen LogP contribution >= 0.6 is 0 Å². The van der Waals surface area contributed by atoms with Crippen LogP contribution in [0.3, 0.4) is 0 Å². The van der Waals surface area contributed by atoms with Crippen molar-refractivity contribution in [2.24, 2.45) is 5.92 Å². The molecule has 2 unspecified atom stereocenters. The monoisotopic (exact) mass is 366 g/mol. The van der Waals surface area contributed by atoms with Gasteiger partial charge in [0.1, 0.15) is 0 Å². The summed E-state index contributed by atoms with van der Waals surface area (Å²) in [4.78, 5) is 15.8. The van der Waals surface area contributed by atoms with Crippen LogP contribution in [0.2, 0.25) is 0 Å². The van der Waals surface area contributed by atoms with E-state index in [1.165, 1.54) is 32.2 Å². The highest BCUT2D eigenvalue weighted by Crippen LogP contribution is 2.40. The summed E-state index contributed by atoms with van der Waals surface area (Å²) >= 11 is 0. The number of piperidine rings is 1. The Kier molecular flexibility index (Phi) is 4.23. The average Bonchev–Trinajstić information content (AvgIpc) is 3.33. The Balaban J connectivity index is 1.32. The maximum Gasteiger partial charge on any atom is 0.272 e. The fourth-order valence-corrected chi connectivity index (χ4v) is 5.19. The normalized spacial score (nSPS) is 28.2. The lowest BCUT2D eigenvalue weighted by atomic mass is 9.96. The minimum absolute atomic E-state index is 0.00866. The fourth-order valence-electron chi connectivity index (χ4n) is 5.19. The highest BCUT2D eigenvalue weighted by Gasteiger charge is 2.43. The minimum Gasteiger partial charge on any atom is -0.348 e. The molecule has 2 aliphatic heterocycles. The highest BCUT2D eigenvalue weighted by atomic mass is 16.2. The number of hydrogen-bond acceptors (Lipinski definition) is 3. The van der Waals surface area contributed by atoms with E-state index in [2.05, 4.69) is 35.2 Å². The zero-order chi connectivity index (χ0) is 18.5. The van der Waals surface area contributed by atoms with Gasteiger partial charge in [-0.25, -0.2) is 0 Å². The molecular formula is C22H30N4O. The van der Waals surface area contributed by atoms with Gasteiger partial charge in [0.05, 0.1) is 5.52 Å². The van der Waals surface area contributed by atoms with Crippen molar-refractivity contribution in [2.45, 2.75) is 76.5 Å². The molecule has 5 nitrogen and oxygen atoms in total. The van der Waals surface area contributed by atoms with Crippen molar-refractivity contribution in [3.05, 3.63) is 30.0 Å². The van der Waals surface area contributed by atoms with E-state index >= 15 is 0 Å². The third kappa shape index (κ3) is 3.16. The largest absolute Gasteiger partial charge is 0.348 e. The summed E-state index contributed by atoms with van der Waals surface area (Å²) in [6.07, 6.45) is 7.63. The summed E-state index contributed by atoms with van der Waals surface area (Å²) < 4.78 is 1.96. The van der Waals surface area contributed by atoms with E-state index in [4.69, 9.17) is 0 Å². The molecule has 1 amide bonds. The van der Waals surface area contributed by atoms with Crippen molar-refractivity contribution < 1.29 is 4.79 Å². The first-order valence-electron chi connectivity index (χ1n) is 10.6. The zero-order valence-corrected chi connectivity index (χ0v) is 16.4. The van der Waals surface area contributed by atoms with Gasteiger partial charge in [-0.2, -0.15) is 5.10 Å². The third-order valence-electron chi connectivity index (χ3n) is 6.70. The van der Waals surface area contributed by atoms with Crippen molar-refractivity contribution in [1.29, 1.82) is 0 Å². The van der Waals surface area contributed by atoms with Gasteiger partial charge < -0.3 is 5.32 Å². The number of carbonyl (C=O) groups is 1. The zero-order valence-electron chi connectivity index (χ0n) is 16.4. The molecule has 1 aromatic carbocycles. The Bertz CT molecular complexity index is 839. The average molecular weight is 367 g/mol. The molecule has 1 N–H and O–H groups in total. The summed E-state index contributed by atoms with van der Waals surface area (Å²) in [6.45, 7) is 5.50. The van der Waals surface area contributed by atoms with Crippen LogP contribution in [-0.4, -0.2) is 45.3 Å². The first-order valence-corrected chi connectivity index (χ1v) is 10.6. The van der Waals surface area contributed by atoms with Gasteiger partial charge in [0.25, 0.3) is 5.91 Å². The number of rotatable bonds is 5. The van der Waals surface area contributed by atoms with Crippen molar-refractivity contribution in [3.63, 3.8) is 0 Å². The second-order valence-electron chi connectivity index (χ2n) is 9.07. The standard InChI is InChI=1S/C22H30N4O/c1-14(2)26-20-6-4-3-5-19(20)21(24-26)22(27)23-16-11-17-9-10-18(12-16)25(17)13-15-7-8-15/h3-6,14-18H,7-13H2,1-2H3,(H,23,27). The van der Waals surface area contributed by atoms with Crippen LogP contribution in [0.4, 0.5) is 0 Å². The predicted molar refractivity (Wildman–Crippen MR) is 107 cm³/mol. The molecule has 27 heavy (non-hydrogen) atoms. The van der Waals surface area contributed by atoms with E-state index in [1.807, 2.05) is 22.9 Å². The number of fused-ring (bicyclic) bond motifs is 3. The Morgan fingerprint density at radius 1 is 1.15 bits per heavy atom. The SMILES string of the molecule is CC(C)n1nc(C(=O)NC2CC3CCC(C2)N3CC2CC2)c2ccccc21. The minimum atomic E-state index is -0.00866. The predicted octanol–water partition coefficient (Wildman–Crippen LogP) is 3.75. The molecule has 5 rings (SSSR count). The summed E-state index contributed by atoms with van der Waals surface area (Å²) in [6, 6.07) is 9.92. The van der Waals surface area contributed by atoms with Gasteiger partial charge in [0.15, 0.2) is 5.69 Å². The van der Waals surface area contributed by atoms with E-state index < -0.39 is 0 Å². The van der Waals surface area contributed by atoms with Gasteiger partial charge in [0.2, 0.25) is 0 Å². The molecule has 0 radical (unpaired) electrons. The lowest BCUT2D eigenvalue weighted by molar-refractivity contribution is 0.0831. The van der Waals surface area contributed by atoms with Crippen LogP contribution in [0.1, 0.15) is 68.9 Å². The summed E-state index contributed by atoms with van der Waals surface area (Å²) in [5.41, 5.74) is 1.61. The third-order valence-corrected chi connectivity index (χ3v) is 6.70. The first-order chi connectivity index (χ1) is 13.1. The van der Waals surface area contributed by atoms with E-state index in [0.717, 1.165) is 29.7 Å². The van der Waals surface area contributed by atoms with Gasteiger partial charge in [-0.1, -0.05) is 18.2 Å². The summed E-state index contributed by atoms with van der Waals surface area (Å²) in [5, 5.41) is 8.95. The molecule has 3 heterocycles. The molecule has 1 aromatic heterocycles. The van der Waals surface area contributed by atoms with Crippen molar-refractivity contribution in [3.8, 4) is 0 Å². The lowest BCUT2D eigenvalue weighted by Crippen LogP contribution is -2.50. The molecule has 3 fully saturated rings. The Labute approximate surface area is 161 Å². The van der Waals surface area contributed by atoms with E-state index in [0.29, 0.717) is 17.8 Å². The number of para-hydroxylation sites is 1. The van der Waals surface area contributed by atoms with Crippen LogP contribution < -0.4 is 5.32 Å². The van der Waals surface area contributed by atoms with E-state index in [1.54, 1.807) is 0 Å². The molecule has 1 saturated carbocycles. The Morgan fingerprint density at radius 2 is 1.85 bits per heavy atom. The number of hydrogen-bond donors (Lipinski definition) is 1. The molecule has 0 spiro atoms. The molecule has 2 bridgehead atoms. The van der Waals surface area contributed by atoms with Crippen molar-refractivity contribution >= 4 is 16.8 Å². The molecule has 3 aliphatic rings. The molecule has 5 heteroatoms. The first kappa shape index (κ1) is 17.2.